The fourth-order valence-electron chi connectivity index (χ4n) is 3.98. The van der Waals surface area contributed by atoms with E-state index in [0.29, 0.717) is 24.3 Å². The molecule has 0 aliphatic carbocycles. The monoisotopic (exact) mass is 468 g/mol. The first kappa shape index (κ1) is 23.0. The fraction of sp³-hybridized carbons (Fsp3) is 0.333. The standard InChI is InChI=1S/C24H28N4O4S/c1-3-17-5-7-18(8-6-17)26-33(31,32)19-9-10-22-20(15-19)23(29)21(16-25-22)24(30)28-13-11-27(4-2)12-14-28/h5-10,15-16,26H,3-4,11-14H2,1-2H3,(H,25,29). The number of anilines is 1. The second-order valence-corrected chi connectivity index (χ2v) is 9.80. The minimum Gasteiger partial charge on any atom is -0.360 e. The second kappa shape index (κ2) is 9.36. The van der Waals surface area contributed by atoms with Gasteiger partial charge in [0.05, 0.1) is 4.90 Å². The van der Waals surface area contributed by atoms with Gasteiger partial charge in [-0.25, -0.2) is 8.42 Å². The van der Waals surface area contributed by atoms with Crippen molar-refractivity contribution >= 4 is 32.5 Å². The molecular formula is C24H28N4O4S. The van der Waals surface area contributed by atoms with Gasteiger partial charge >= 0.3 is 0 Å². The summed E-state index contributed by atoms with van der Waals surface area (Å²) >= 11 is 0. The predicted octanol–water partition coefficient (Wildman–Crippen LogP) is 2.67. The molecule has 174 valence electrons. The number of likely N-dealkylation sites (N-methyl/N-ethyl adjacent to an activating group) is 1. The van der Waals surface area contributed by atoms with Crippen LogP contribution in [0.15, 0.2) is 58.4 Å². The van der Waals surface area contributed by atoms with Crippen LogP contribution in [0.3, 0.4) is 0 Å². The predicted molar refractivity (Wildman–Crippen MR) is 129 cm³/mol. The molecule has 2 N–H and O–H groups in total. The Balaban J connectivity index is 1.63. The number of hydrogen-bond acceptors (Lipinski definition) is 5. The summed E-state index contributed by atoms with van der Waals surface area (Å²) in [6.07, 6.45) is 2.27. The van der Waals surface area contributed by atoms with Crippen molar-refractivity contribution in [1.82, 2.24) is 14.8 Å². The summed E-state index contributed by atoms with van der Waals surface area (Å²) in [5.74, 6) is -0.337. The summed E-state index contributed by atoms with van der Waals surface area (Å²) in [6.45, 7) is 7.66. The summed E-state index contributed by atoms with van der Waals surface area (Å²) in [7, 11) is -3.91. The third kappa shape index (κ3) is 4.79. The minimum absolute atomic E-state index is 0.0186. The zero-order chi connectivity index (χ0) is 23.6. The molecule has 1 saturated heterocycles. The van der Waals surface area contributed by atoms with Crippen LogP contribution in [-0.2, 0) is 16.4 Å². The number of nitrogens with zero attached hydrogens (tertiary/aromatic N) is 2. The lowest BCUT2D eigenvalue weighted by atomic mass is 10.1. The molecular weight excluding hydrogens is 440 g/mol. The SMILES string of the molecule is CCc1ccc(NS(=O)(=O)c2ccc3[nH]cc(C(=O)N4CCN(CC)CC4)c(=O)c3c2)cc1. The molecule has 1 fully saturated rings. The summed E-state index contributed by atoms with van der Waals surface area (Å²) in [4.78, 5) is 33.0. The van der Waals surface area contributed by atoms with Gasteiger partial charge in [-0.2, -0.15) is 0 Å². The second-order valence-electron chi connectivity index (χ2n) is 8.12. The van der Waals surface area contributed by atoms with Gasteiger partial charge in [0.2, 0.25) is 5.43 Å². The number of H-pyrrole nitrogens is 1. The van der Waals surface area contributed by atoms with E-state index in [1.165, 1.54) is 18.3 Å². The van der Waals surface area contributed by atoms with Crippen molar-refractivity contribution in [3.63, 3.8) is 0 Å². The Labute approximate surface area is 193 Å². The highest BCUT2D eigenvalue weighted by molar-refractivity contribution is 7.92. The molecule has 1 amide bonds. The molecule has 0 bridgehead atoms. The van der Waals surface area contributed by atoms with Gasteiger partial charge in [-0.05, 0) is 48.9 Å². The smallest absolute Gasteiger partial charge is 0.261 e. The van der Waals surface area contributed by atoms with Gasteiger partial charge in [0.1, 0.15) is 5.56 Å². The number of aromatic nitrogens is 1. The highest BCUT2D eigenvalue weighted by atomic mass is 32.2. The maximum absolute atomic E-state index is 13.1. The number of nitrogens with one attached hydrogen (secondary N) is 2. The van der Waals surface area contributed by atoms with E-state index in [2.05, 4.69) is 21.5 Å². The van der Waals surface area contributed by atoms with E-state index in [4.69, 9.17) is 0 Å². The van der Waals surface area contributed by atoms with Crippen LogP contribution in [0.1, 0.15) is 29.8 Å². The van der Waals surface area contributed by atoms with Gasteiger partial charge in [0, 0.05) is 49.0 Å². The average Bonchev–Trinajstić information content (AvgIpc) is 2.84. The van der Waals surface area contributed by atoms with Crippen LogP contribution < -0.4 is 10.2 Å². The summed E-state index contributed by atoms with van der Waals surface area (Å²) < 4.78 is 28.4. The molecule has 1 aromatic heterocycles. The molecule has 0 radical (unpaired) electrons. The number of piperazine rings is 1. The molecule has 0 atom stereocenters. The number of rotatable bonds is 6. The first-order chi connectivity index (χ1) is 15.8. The number of aromatic amines is 1. The summed E-state index contributed by atoms with van der Waals surface area (Å²) in [6, 6.07) is 11.4. The van der Waals surface area contributed by atoms with Crippen LogP contribution in [0, 0.1) is 0 Å². The zero-order valence-electron chi connectivity index (χ0n) is 18.8. The van der Waals surface area contributed by atoms with E-state index in [1.807, 2.05) is 19.1 Å². The van der Waals surface area contributed by atoms with Crippen LogP contribution in [0.2, 0.25) is 0 Å². The normalized spacial score (nSPS) is 15.0. The minimum atomic E-state index is -3.91. The van der Waals surface area contributed by atoms with E-state index in [-0.39, 0.29) is 21.8 Å². The van der Waals surface area contributed by atoms with Gasteiger partial charge in [-0.1, -0.05) is 26.0 Å². The number of carbonyl (C=O) groups is 1. The number of pyridine rings is 1. The van der Waals surface area contributed by atoms with E-state index in [0.717, 1.165) is 31.6 Å². The third-order valence-corrected chi connectivity index (χ3v) is 7.49. The van der Waals surface area contributed by atoms with Crippen LogP contribution in [-0.4, -0.2) is 61.8 Å². The van der Waals surface area contributed by atoms with Crippen molar-refractivity contribution in [1.29, 1.82) is 0 Å². The molecule has 3 aromatic rings. The number of benzene rings is 2. The first-order valence-corrected chi connectivity index (χ1v) is 12.6. The number of carbonyl (C=O) groups excluding carboxylic acids is 1. The van der Waals surface area contributed by atoms with Gasteiger partial charge < -0.3 is 14.8 Å². The van der Waals surface area contributed by atoms with Crippen molar-refractivity contribution < 1.29 is 13.2 Å². The summed E-state index contributed by atoms with van der Waals surface area (Å²) in [5.41, 5.74) is 1.56. The van der Waals surface area contributed by atoms with Crippen molar-refractivity contribution in [3.8, 4) is 0 Å². The topological polar surface area (TPSA) is 103 Å². The number of sulfonamides is 1. The molecule has 8 nitrogen and oxygen atoms in total. The number of fused-ring (bicyclic) bond motifs is 1. The molecule has 1 aliphatic heterocycles. The Morgan fingerprint density at radius 3 is 2.36 bits per heavy atom. The highest BCUT2D eigenvalue weighted by Gasteiger charge is 2.24. The van der Waals surface area contributed by atoms with E-state index in [1.54, 1.807) is 23.1 Å². The van der Waals surface area contributed by atoms with Crippen molar-refractivity contribution in [2.75, 3.05) is 37.4 Å². The number of amides is 1. The fourth-order valence-corrected chi connectivity index (χ4v) is 5.07. The maximum atomic E-state index is 13.1. The first-order valence-electron chi connectivity index (χ1n) is 11.1. The number of hydrogen-bond donors (Lipinski definition) is 2. The van der Waals surface area contributed by atoms with Gasteiger partial charge in [-0.3, -0.25) is 14.3 Å². The zero-order valence-corrected chi connectivity index (χ0v) is 19.6. The maximum Gasteiger partial charge on any atom is 0.261 e. The van der Waals surface area contributed by atoms with Crippen molar-refractivity contribution in [2.45, 2.75) is 25.2 Å². The lowest BCUT2D eigenvalue weighted by Crippen LogP contribution is -2.49. The Bertz CT molecular complexity index is 1320. The van der Waals surface area contributed by atoms with Crippen LogP contribution in [0.25, 0.3) is 10.9 Å². The lowest BCUT2D eigenvalue weighted by Gasteiger charge is -2.33. The number of aryl methyl sites for hydroxylation is 1. The molecule has 2 heterocycles. The van der Waals surface area contributed by atoms with E-state index < -0.39 is 15.5 Å². The third-order valence-electron chi connectivity index (χ3n) is 6.11. The summed E-state index contributed by atoms with van der Waals surface area (Å²) in [5, 5.41) is 0.164. The molecule has 0 saturated carbocycles. The molecule has 4 rings (SSSR count). The Morgan fingerprint density at radius 2 is 1.73 bits per heavy atom. The van der Waals surface area contributed by atoms with Crippen LogP contribution in [0.4, 0.5) is 5.69 Å². The molecule has 33 heavy (non-hydrogen) atoms. The largest absolute Gasteiger partial charge is 0.360 e. The molecule has 0 unspecified atom stereocenters. The Hall–Kier alpha value is -3.17. The van der Waals surface area contributed by atoms with Gasteiger partial charge in [-0.15, -0.1) is 0 Å². The van der Waals surface area contributed by atoms with E-state index >= 15 is 0 Å². The average molecular weight is 469 g/mol. The lowest BCUT2D eigenvalue weighted by molar-refractivity contribution is 0.0642. The van der Waals surface area contributed by atoms with Crippen molar-refractivity contribution in [3.05, 3.63) is 70.0 Å². The molecule has 0 spiro atoms. The van der Waals surface area contributed by atoms with Crippen LogP contribution >= 0.6 is 0 Å². The Kier molecular flexibility index (Phi) is 6.53. The van der Waals surface area contributed by atoms with Crippen molar-refractivity contribution in [2.24, 2.45) is 0 Å². The van der Waals surface area contributed by atoms with Crippen LogP contribution in [0.5, 0.6) is 0 Å². The molecule has 1 aliphatic rings. The highest BCUT2D eigenvalue weighted by Crippen LogP contribution is 2.20. The molecule has 9 heteroatoms. The van der Waals surface area contributed by atoms with E-state index in [9.17, 15) is 18.0 Å². The quantitative estimate of drug-likeness (QED) is 0.579. The Morgan fingerprint density at radius 1 is 1.03 bits per heavy atom. The van der Waals surface area contributed by atoms with Gasteiger partial charge in [0.15, 0.2) is 0 Å². The molecule has 2 aromatic carbocycles. The van der Waals surface area contributed by atoms with Gasteiger partial charge in [0.25, 0.3) is 15.9 Å².